The van der Waals surface area contributed by atoms with E-state index in [9.17, 15) is 0 Å². The van der Waals surface area contributed by atoms with E-state index in [1.165, 1.54) is 0 Å². The molecule has 6 rings (SSSR count). The Morgan fingerprint density at radius 1 is 0.379 bits per heavy atom. The van der Waals surface area contributed by atoms with Crippen molar-refractivity contribution in [2.75, 3.05) is 0 Å². The molecule has 6 heterocycles. The Hall–Kier alpha value is 3.03. The van der Waals surface area contributed by atoms with E-state index in [1.54, 1.807) is 0 Å². The maximum absolute atomic E-state index is 6.45. The summed E-state index contributed by atoms with van der Waals surface area (Å²) in [6, 6.07) is 0. The van der Waals surface area contributed by atoms with Gasteiger partial charge in [-0.3, -0.25) is 0 Å². The molecule has 164 valence electrons. The molecule has 6 aliphatic heterocycles. The molecule has 0 saturated carbocycles. The molecule has 6 aliphatic rings. The van der Waals surface area contributed by atoms with Crippen LogP contribution in [-0.2, 0) is 49.4 Å². The summed E-state index contributed by atoms with van der Waals surface area (Å²) in [5.74, 6) is 0. The lowest BCUT2D eigenvalue weighted by Crippen LogP contribution is -2.84. The second-order valence-corrected chi connectivity index (χ2v) is 33.3. The van der Waals surface area contributed by atoms with Crippen molar-refractivity contribution in [1.82, 2.24) is 0 Å². The first-order chi connectivity index (χ1) is 13.0. The molecule has 27 heteroatoms. The second kappa shape index (κ2) is 6.82. The standard InChI is InChI=1S/C2H3Cl7O12Si8/c1-2-22-10-23(3)13-26(6)15-24(4,11-22)17-28(8)18-25(5,12-22)16-27(7,14-23)20-29(9,19-26)21-28/h2H,1H2. The van der Waals surface area contributed by atoms with Crippen LogP contribution in [0.4, 0.5) is 0 Å². The molecule has 12 nitrogen and oxygen atoms in total. The van der Waals surface area contributed by atoms with Crippen LogP contribution >= 0.6 is 77.6 Å². The molecule has 0 aromatic carbocycles. The average molecular weight is 692 g/mol. The summed E-state index contributed by atoms with van der Waals surface area (Å²) in [6.07, 6.45) is 0. The molecule has 0 aliphatic carbocycles. The van der Waals surface area contributed by atoms with E-state index in [2.05, 4.69) is 6.58 Å². The van der Waals surface area contributed by atoms with Crippen molar-refractivity contribution < 1.29 is 49.4 Å². The third-order valence-electron chi connectivity index (χ3n) is 3.24. The van der Waals surface area contributed by atoms with Gasteiger partial charge in [0.2, 0.25) is 0 Å². The molecule has 6 saturated heterocycles. The predicted molar refractivity (Wildman–Crippen MR) is 110 cm³/mol. The summed E-state index contributed by atoms with van der Waals surface area (Å²) < 4.78 is 67.6. The SMILES string of the molecule is C=C[Si]12O[Si]3(Cl)O[Si]4(Cl)O[Si]5(Cl)O[Si](Cl)(O3)O[Si](Cl)(O[Si](Cl)(O5)O[Si](Cl)(O4)O1)O2. The summed E-state index contributed by atoms with van der Waals surface area (Å²) >= 11 is 44.9. The van der Waals surface area contributed by atoms with Gasteiger partial charge in [-0.2, -0.15) is 0 Å². The fraction of sp³-hybridized carbons (Fsp3) is 0. The van der Waals surface area contributed by atoms with Crippen LogP contribution in [0.1, 0.15) is 0 Å². The highest BCUT2D eigenvalue weighted by Gasteiger charge is 2.84. The van der Waals surface area contributed by atoms with Gasteiger partial charge in [0.05, 0.1) is 0 Å². The van der Waals surface area contributed by atoms with Gasteiger partial charge in [0.15, 0.2) is 0 Å². The monoisotopic (exact) mass is 688 g/mol. The first-order valence-electron chi connectivity index (χ1n) is 6.92. The normalized spacial score (nSPS) is 64.0. The van der Waals surface area contributed by atoms with Gasteiger partial charge in [-0.1, -0.05) is 77.6 Å². The van der Waals surface area contributed by atoms with Gasteiger partial charge in [0, 0.05) is 0 Å². The molecule has 29 heavy (non-hydrogen) atoms. The van der Waals surface area contributed by atoms with Gasteiger partial charge >= 0.3 is 65.6 Å². The van der Waals surface area contributed by atoms with E-state index in [4.69, 9.17) is 127 Å². The van der Waals surface area contributed by atoms with E-state index < -0.39 is 65.6 Å². The third-order valence-corrected chi connectivity index (χ3v) is 42.2. The predicted octanol–water partition coefficient (Wildman–Crippen LogP) is 1.64. The molecule has 0 amide bonds. The zero-order valence-corrected chi connectivity index (χ0v) is 26.1. The van der Waals surface area contributed by atoms with Crippen molar-refractivity contribution in [3.63, 3.8) is 0 Å². The molecule has 0 unspecified atom stereocenters. The minimum atomic E-state index is -4.52. The summed E-state index contributed by atoms with van der Waals surface area (Å²) in [5.41, 5.74) is 1.09. The van der Waals surface area contributed by atoms with Crippen molar-refractivity contribution in [2.24, 2.45) is 0 Å². The van der Waals surface area contributed by atoms with Crippen LogP contribution in [0.15, 0.2) is 12.3 Å². The highest BCUT2D eigenvalue weighted by atomic mass is 35.6. The van der Waals surface area contributed by atoms with Crippen molar-refractivity contribution in [2.45, 2.75) is 0 Å². The molecule has 0 radical (unpaired) electrons. The fourth-order valence-electron chi connectivity index (χ4n) is 2.45. The van der Waals surface area contributed by atoms with Crippen LogP contribution in [0.2, 0.25) is 0 Å². The molecule has 0 spiro atoms. The lowest BCUT2D eigenvalue weighted by molar-refractivity contribution is 0.0118. The van der Waals surface area contributed by atoms with Crippen molar-refractivity contribution >= 4 is 143 Å². The third kappa shape index (κ3) is 4.29. The quantitative estimate of drug-likeness (QED) is 0.295. The van der Waals surface area contributed by atoms with Crippen molar-refractivity contribution in [3.05, 3.63) is 12.3 Å². The Labute approximate surface area is 203 Å². The van der Waals surface area contributed by atoms with E-state index >= 15 is 0 Å². The zero-order valence-electron chi connectivity index (χ0n) is 12.8. The molecule has 0 atom stereocenters. The lowest BCUT2D eigenvalue weighted by Gasteiger charge is -2.55. The van der Waals surface area contributed by atoms with Crippen LogP contribution in [0, 0.1) is 0 Å². The Bertz CT molecular complexity index is 678. The zero-order chi connectivity index (χ0) is 21.2. The van der Waals surface area contributed by atoms with Crippen LogP contribution in [0.3, 0.4) is 0 Å². The van der Waals surface area contributed by atoms with Gasteiger partial charge in [0.1, 0.15) is 0 Å². The molecule has 0 aromatic rings. The summed E-state index contributed by atoms with van der Waals surface area (Å²) in [5, 5.41) is 0. The van der Waals surface area contributed by atoms with E-state index in [1.807, 2.05) is 0 Å². The van der Waals surface area contributed by atoms with E-state index in [0.717, 1.165) is 5.70 Å². The minimum absolute atomic E-state index is 1.09. The largest absolute Gasteiger partial charge is 0.593 e. The molecule has 0 N–H and O–H groups in total. The smallest absolute Gasteiger partial charge is 0.358 e. The van der Waals surface area contributed by atoms with E-state index in [0.29, 0.717) is 0 Å². The van der Waals surface area contributed by atoms with Crippen LogP contribution < -0.4 is 0 Å². The van der Waals surface area contributed by atoms with Crippen molar-refractivity contribution in [3.8, 4) is 0 Å². The van der Waals surface area contributed by atoms with Gasteiger partial charge in [-0.25, -0.2) is 0 Å². The highest BCUT2D eigenvalue weighted by molar-refractivity contribution is 7.37. The number of hydrogen-bond donors (Lipinski definition) is 0. The van der Waals surface area contributed by atoms with Gasteiger partial charge in [0.25, 0.3) is 0 Å². The summed E-state index contributed by atoms with van der Waals surface area (Å²) in [6.45, 7) is 3.60. The first kappa shape index (κ1) is 23.8. The average Bonchev–Trinajstić information content (AvgIpc) is 2.35. The van der Waals surface area contributed by atoms with Gasteiger partial charge in [-0.15, -0.1) is 6.58 Å². The molecule has 8 bridgehead atoms. The molecular weight excluding hydrogens is 689 g/mol. The number of hydrogen-bond acceptors (Lipinski definition) is 12. The van der Waals surface area contributed by atoms with Gasteiger partial charge < -0.3 is 49.4 Å². The van der Waals surface area contributed by atoms with Crippen molar-refractivity contribution in [1.29, 1.82) is 0 Å². The van der Waals surface area contributed by atoms with Crippen LogP contribution in [-0.4, -0.2) is 65.6 Å². The van der Waals surface area contributed by atoms with Gasteiger partial charge in [-0.05, 0) is 5.70 Å². The minimum Gasteiger partial charge on any atom is -0.358 e. The molecular formula is C2H3Cl7O12Si8. The van der Waals surface area contributed by atoms with Crippen LogP contribution in [0.5, 0.6) is 0 Å². The Kier molecular flexibility index (Phi) is 5.59. The lowest BCUT2D eigenvalue weighted by atomic mass is 11.3. The summed E-state index contributed by atoms with van der Waals surface area (Å²) in [4.78, 5) is 0. The fourth-order valence-corrected chi connectivity index (χ4v) is 53.6. The Morgan fingerprint density at radius 3 is 0.724 bits per heavy atom. The first-order valence-corrected chi connectivity index (χ1v) is 27.9. The Morgan fingerprint density at radius 2 is 0.552 bits per heavy atom. The maximum Gasteiger partial charge on any atom is 0.593 e. The summed E-state index contributed by atoms with van der Waals surface area (Å²) in [7, 11) is -35.8. The Balaban J connectivity index is 1.80. The topological polar surface area (TPSA) is 111 Å². The number of rotatable bonds is 1. The highest BCUT2D eigenvalue weighted by Crippen LogP contribution is 2.52. The second-order valence-electron chi connectivity index (χ2n) is 5.40. The van der Waals surface area contributed by atoms with E-state index in [-0.39, 0.29) is 0 Å². The molecule has 0 aromatic heterocycles. The number of halogens is 7. The maximum atomic E-state index is 6.45. The van der Waals surface area contributed by atoms with Crippen LogP contribution in [0.25, 0.3) is 0 Å². The molecule has 6 fully saturated rings.